The smallest absolute Gasteiger partial charge is 0.364 e. The Kier molecular flexibility index (Phi) is 5.84. The highest BCUT2D eigenvalue weighted by atomic mass is 16.7. The number of benzene rings is 2. The molecule has 10 heteroatoms. The number of aliphatic hydroxyl groups is 1. The van der Waals surface area contributed by atoms with Gasteiger partial charge in [-0.2, -0.15) is 0 Å². The lowest BCUT2D eigenvalue weighted by molar-refractivity contribution is -0.385. The van der Waals surface area contributed by atoms with Crippen LogP contribution in [0.25, 0.3) is 0 Å². The van der Waals surface area contributed by atoms with Gasteiger partial charge in [0.05, 0.1) is 22.7 Å². The average Bonchev–Trinajstić information content (AvgIpc) is 3.04. The number of hydrogen-bond acceptors (Lipinski definition) is 8. The first kappa shape index (κ1) is 20.0. The molecule has 2 aromatic carbocycles. The molecule has 1 saturated heterocycles. The van der Waals surface area contributed by atoms with Crippen molar-refractivity contribution in [2.24, 2.45) is 0 Å². The standard InChI is InChI=1S/C19H16N2O8/c22-10-14-5-4-12(8-16(14)21(26)27)11-28-15-3-1-2-13(9-15)19(25)29-20-17(23)6-7-18(20)24/h1-5,8-9,22H,6-7,10-11H2. The van der Waals surface area contributed by atoms with Crippen molar-refractivity contribution in [2.45, 2.75) is 26.1 Å². The van der Waals surface area contributed by atoms with Crippen LogP contribution in [0, 0.1) is 10.1 Å². The number of nitro groups is 1. The lowest BCUT2D eigenvalue weighted by atomic mass is 10.1. The van der Waals surface area contributed by atoms with E-state index in [1.165, 1.54) is 30.3 Å². The lowest BCUT2D eigenvalue weighted by Crippen LogP contribution is -2.32. The summed E-state index contributed by atoms with van der Waals surface area (Å²) in [7, 11) is 0. The van der Waals surface area contributed by atoms with Gasteiger partial charge in [-0.1, -0.05) is 12.1 Å². The van der Waals surface area contributed by atoms with Gasteiger partial charge in [0.2, 0.25) is 0 Å². The van der Waals surface area contributed by atoms with E-state index in [0.29, 0.717) is 10.6 Å². The molecule has 1 aliphatic rings. The second-order valence-corrected chi connectivity index (χ2v) is 6.16. The van der Waals surface area contributed by atoms with E-state index in [-0.39, 0.29) is 42.0 Å². The minimum absolute atomic E-state index is 0.00350. The van der Waals surface area contributed by atoms with E-state index in [1.54, 1.807) is 12.1 Å². The summed E-state index contributed by atoms with van der Waals surface area (Å²) in [5.41, 5.74) is 0.534. The lowest BCUT2D eigenvalue weighted by Gasteiger charge is -2.13. The van der Waals surface area contributed by atoms with E-state index >= 15 is 0 Å². The Hall–Kier alpha value is -3.79. The third-order valence-corrected chi connectivity index (χ3v) is 4.17. The third kappa shape index (κ3) is 4.55. The van der Waals surface area contributed by atoms with Gasteiger partial charge in [-0.15, -0.1) is 5.06 Å². The van der Waals surface area contributed by atoms with Crippen molar-refractivity contribution in [3.05, 3.63) is 69.3 Å². The van der Waals surface area contributed by atoms with Crippen LogP contribution < -0.4 is 4.74 Å². The van der Waals surface area contributed by atoms with Gasteiger partial charge >= 0.3 is 5.97 Å². The molecule has 0 radical (unpaired) electrons. The highest BCUT2D eigenvalue weighted by Crippen LogP contribution is 2.22. The summed E-state index contributed by atoms with van der Waals surface area (Å²) < 4.78 is 5.56. The summed E-state index contributed by atoms with van der Waals surface area (Å²) in [6, 6.07) is 10.2. The van der Waals surface area contributed by atoms with Crippen LogP contribution in [0.3, 0.4) is 0 Å². The van der Waals surface area contributed by atoms with Crippen LogP contribution >= 0.6 is 0 Å². The Labute approximate surface area is 164 Å². The third-order valence-electron chi connectivity index (χ3n) is 4.17. The van der Waals surface area contributed by atoms with Crippen molar-refractivity contribution in [1.82, 2.24) is 5.06 Å². The topological polar surface area (TPSA) is 136 Å². The van der Waals surface area contributed by atoms with E-state index in [4.69, 9.17) is 14.7 Å². The summed E-state index contributed by atoms with van der Waals surface area (Å²) in [6.45, 7) is -0.474. The molecule has 2 amide bonds. The quantitative estimate of drug-likeness (QED) is 0.423. The predicted octanol–water partition coefficient (Wildman–Crippen LogP) is 1.89. The van der Waals surface area contributed by atoms with Crippen LogP contribution in [0.15, 0.2) is 42.5 Å². The fraction of sp³-hybridized carbons (Fsp3) is 0.211. The number of carbonyl (C=O) groups excluding carboxylic acids is 3. The molecule has 0 saturated carbocycles. The molecule has 0 bridgehead atoms. The van der Waals surface area contributed by atoms with Crippen LogP contribution in [0.4, 0.5) is 5.69 Å². The highest BCUT2D eigenvalue weighted by Gasteiger charge is 2.33. The van der Waals surface area contributed by atoms with Crippen molar-refractivity contribution in [3.63, 3.8) is 0 Å². The molecule has 0 aromatic heterocycles. The van der Waals surface area contributed by atoms with Gasteiger partial charge in [-0.05, 0) is 29.8 Å². The number of imide groups is 1. The number of hydroxylamine groups is 2. The van der Waals surface area contributed by atoms with E-state index in [2.05, 4.69) is 0 Å². The van der Waals surface area contributed by atoms with Crippen LogP contribution in [-0.4, -0.2) is 32.9 Å². The van der Waals surface area contributed by atoms with E-state index in [9.17, 15) is 24.5 Å². The molecule has 0 aliphatic carbocycles. The second kappa shape index (κ2) is 8.48. The Morgan fingerprint density at radius 3 is 2.52 bits per heavy atom. The Morgan fingerprint density at radius 1 is 1.14 bits per heavy atom. The summed E-state index contributed by atoms with van der Waals surface area (Å²) in [5.74, 6) is -1.76. The maximum Gasteiger partial charge on any atom is 0.364 e. The average molecular weight is 400 g/mol. The van der Waals surface area contributed by atoms with Crippen molar-refractivity contribution in [1.29, 1.82) is 0 Å². The molecule has 2 aromatic rings. The van der Waals surface area contributed by atoms with Crippen molar-refractivity contribution in [3.8, 4) is 5.75 Å². The van der Waals surface area contributed by atoms with Crippen LogP contribution in [-0.2, 0) is 27.6 Å². The largest absolute Gasteiger partial charge is 0.489 e. The maximum absolute atomic E-state index is 12.2. The Morgan fingerprint density at radius 2 is 1.86 bits per heavy atom. The molecule has 0 atom stereocenters. The second-order valence-electron chi connectivity index (χ2n) is 6.16. The molecule has 3 rings (SSSR count). The summed E-state index contributed by atoms with van der Waals surface area (Å²) in [4.78, 5) is 50.6. The molecule has 1 N–H and O–H groups in total. The summed E-state index contributed by atoms with van der Waals surface area (Å²) in [6.07, 6.45) is -0.00700. The monoisotopic (exact) mass is 400 g/mol. The van der Waals surface area contributed by atoms with E-state index < -0.39 is 29.3 Å². The predicted molar refractivity (Wildman–Crippen MR) is 96.3 cm³/mol. The molecular weight excluding hydrogens is 384 g/mol. The summed E-state index contributed by atoms with van der Waals surface area (Å²) >= 11 is 0. The fourth-order valence-corrected chi connectivity index (χ4v) is 2.68. The molecule has 0 unspecified atom stereocenters. The first-order valence-electron chi connectivity index (χ1n) is 8.57. The molecule has 1 aliphatic heterocycles. The van der Waals surface area contributed by atoms with Gasteiger partial charge in [-0.3, -0.25) is 19.7 Å². The van der Waals surface area contributed by atoms with Gasteiger partial charge in [0.25, 0.3) is 17.5 Å². The number of carbonyl (C=O) groups is 3. The zero-order chi connectivity index (χ0) is 21.0. The van der Waals surface area contributed by atoms with Crippen molar-refractivity contribution < 1.29 is 34.0 Å². The van der Waals surface area contributed by atoms with Gasteiger partial charge in [0.1, 0.15) is 12.4 Å². The van der Waals surface area contributed by atoms with E-state index in [0.717, 1.165) is 0 Å². The highest BCUT2D eigenvalue weighted by molar-refractivity contribution is 6.02. The zero-order valence-corrected chi connectivity index (χ0v) is 15.1. The van der Waals surface area contributed by atoms with Crippen LogP contribution in [0.1, 0.15) is 34.3 Å². The van der Waals surface area contributed by atoms with Crippen LogP contribution in [0.5, 0.6) is 5.75 Å². The van der Waals surface area contributed by atoms with Gasteiger partial charge < -0.3 is 14.7 Å². The SMILES string of the molecule is O=C(ON1C(=O)CCC1=O)c1cccc(OCc2ccc(CO)c([N+](=O)[O-])c2)c1. The number of rotatable bonds is 7. The first-order valence-corrected chi connectivity index (χ1v) is 8.57. The number of hydrogen-bond donors (Lipinski definition) is 1. The Balaban J connectivity index is 1.68. The van der Waals surface area contributed by atoms with Crippen LogP contribution in [0.2, 0.25) is 0 Å². The molecule has 150 valence electrons. The number of ether oxygens (including phenoxy) is 1. The minimum atomic E-state index is -0.887. The van der Waals surface area contributed by atoms with Gasteiger partial charge in [0, 0.05) is 18.9 Å². The molecule has 0 spiro atoms. The molecule has 1 fully saturated rings. The summed E-state index contributed by atoms with van der Waals surface area (Å²) in [5, 5.41) is 20.7. The molecule has 1 heterocycles. The number of amides is 2. The minimum Gasteiger partial charge on any atom is -0.489 e. The fourth-order valence-electron chi connectivity index (χ4n) is 2.68. The molecule has 10 nitrogen and oxygen atoms in total. The maximum atomic E-state index is 12.2. The normalized spacial score (nSPS) is 13.5. The number of aliphatic hydroxyl groups excluding tert-OH is 1. The van der Waals surface area contributed by atoms with Gasteiger partial charge in [-0.25, -0.2) is 4.79 Å². The Bertz CT molecular complexity index is 972. The number of nitro benzene ring substituents is 1. The zero-order valence-electron chi connectivity index (χ0n) is 15.1. The molecule has 29 heavy (non-hydrogen) atoms. The molecular formula is C19H16N2O8. The number of nitrogens with zero attached hydrogens (tertiary/aromatic N) is 2. The van der Waals surface area contributed by atoms with E-state index in [1.807, 2.05) is 0 Å². The van der Waals surface area contributed by atoms with Crippen molar-refractivity contribution in [2.75, 3.05) is 0 Å². The first-order chi connectivity index (χ1) is 13.9. The van der Waals surface area contributed by atoms with Crippen molar-refractivity contribution >= 4 is 23.5 Å². The van der Waals surface area contributed by atoms with Gasteiger partial charge in [0.15, 0.2) is 0 Å².